The lowest BCUT2D eigenvalue weighted by Gasteiger charge is -2.23. The molecule has 1 aromatic rings. The topological polar surface area (TPSA) is 67.2 Å². The summed E-state index contributed by atoms with van der Waals surface area (Å²) in [5.74, 6) is 0.0156. The number of rotatable bonds is 5. The van der Waals surface area contributed by atoms with Gasteiger partial charge in [0.1, 0.15) is 0 Å². The third kappa shape index (κ3) is 5.64. The van der Waals surface area contributed by atoms with Crippen LogP contribution in [-0.4, -0.2) is 51.1 Å². The van der Waals surface area contributed by atoms with Crippen molar-refractivity contribution >= 4 is 23.6 Å². The van der Waals surface area contributed by atoms with Crippen LogP contribution >= 0.6 is 11.8 Å². The van der Waals surface area contributed by atoms with Crippen molar-refractivity contribution in [2.75, 3.05) is 19.3 Å². The summed E-state index contributed by atoms with van der Waals surface area (Å²) in [7, 11) is 3.50. The van der Waals surface area contributed by atoms with Crippen molar-refractivity contribution in [3.8, 4) is 0 Å². The van der Waals surface area contributed by atoms with Crippen LogP contribution in [0.4, 0.5) is 0 Å². The molecule has 1 rings (SSSR count). The highest BCUT2D eigenvalue weighted by atomic mass is 32.2. The molecule has 0 fully saturated rings. The van der Waals surface area contributed by atoms with Crippen LogP contribution in [-0.2, 0) is 16.6 Å². The molecule has 2 amide bonds. The summed E-state index contributed by atoms with van der Waals surface area (Å²) in [6.45, 7) is 5.79. The molecule has 0 aliphatic heterocycles. The van der Waals surface area contributed by atoms with Crippen molar-refractivity contribution in [2.45, 2.75) is 31.5 Å². The lowest BCUT2D eigenvalue weighted by atomic mass is 10.1. The van der Waals surface area contributed by atoms with Crippen molar-refractivity contribution < 1.29 is 9.59 Å². The van der Waals surface area contributed by atoms with Crippen molar-refractivity contribution in [1.82, 2.24) is 19.8 Å². The van der Waals surface area contributed by atoms with Crippen LogP contribution in [0.5, 0.6) is 0 Å². The zero-order valence-electron chi connectivity index (χ0n) is 12.6. The number of imidazole rings is 1. The fourth-order valence-corrected chi connectivity index (χ4v) is 2.36. The molecule has 0 saturated heterocycles. The Balaban J connectivity index is 2.40. The van der Waals surface area contributed by atoms with Gasteiger partial charge >= 0.3 is 0 Å². The Morgan fingerprint density at radius 3 is 2.60 bits per heavy atom. The first kappa shape index (κ1) is 16.6. The lowest BCUT2D eigenvalue weighted by molar-refractivity contribution is -0.133. The van der Waals surface area contributed by atoms with E-state index in [0.29, 0.717) is 0 Å². The Morgan fingerprint density at radius 1 is 1.45 bits per heavy atom. The second-order valence-electron chi connectivity index (χ2n) is 5.66. The van der Waals surface area contributed by atoms with E-state index in [1.807, 2.05) is 38.6 Å². The van der Waals surface area contributed by atoms with E-state index in [1.165, 1.54) is 16.7 Å². The first-order chi connectivity index (χ1) is 9.19. The van der Waals surface area contributed by atoms with Gasteiger partial charge < -0.3 is 14.8 Å². The van der Waals surface area contributed by atoms with Crippen LogP contribution in [0, 0.1) is 0 Å². The van der Waals surface area contributed by atoms with E-state index in [9.17, 15) is 9.59 Å². The minimum absolute atomic E-state index is 0.0667. The lowest BCUT2D eigenvalue weighted by Crippen LogP contribution is -2.46. The largest absolute Gasteiger partial charge is 0.350 e. The van der Waals surface area contributed by atoms with Gasteiger partial charge in [0.05, 0.1) is 12.3 Å². The van der Waals surface area contributed by atoms with E-state index in [4.69, 9.17) is 0 Å². The molecule has 1 aromatic heterocycles. The molecule has 0 saturated carbocycles. The molecule has 20 heavy (non-hydrogen) atoms. The molecule has 1 heterocycles. The summed E-state index contributed by atoms with van der Waals surface area (Å²) in [4.78, 5) is 29.2. The number of hydrogen-bond acceptors (Lipinski definition) is 4. The SMILES string of the molecule is CN(CC(=O)NC(C)(C)C)C(=O)CSc1nccn1C. The number of carbonyl (C=O) groups excluding carboxylic acids is 2. The van der Waals surface area contributed by atoms with E-state index in [2.05, 4.69) is 10.3 Å². The number of aryl methyl sites for hydroxylation is 1. The summed E-state index contributed by atoms with van der Waals surface area (Å²) in [5.41, 5.74) is -0.289. The van der Waals surface area contributed by atoms with E-state index in [0.717, 1.165) is 5.16 Å². The predicted molar refractivity (Wildman–Crippen MR) is 79.5 cm³/mol. The number of hydrogen-bond donors (Lipinski definition) is 1. The molecular formula is C13H22N4O2S. The summed E-state index contributed by atoms with van der Waals surface area (Å²) in [6, 6.07) is 0. The number of amides is 2. The molecule has 0 atom stereocenters. The number of aromatic nitrogens is 2. The molecule has 0 bridgehead atoms. The first-order valence-electron chi connectivity index (χ1n) is 6.34. The quantitative estimate of drug-likeness (QED) is 0.820. The second kappa shape index (κ2) is 6.78. The normalized spacial score (nSPS) is 11.2. The highest BCUT2D eigenvalue weighted by Crippen LogP contribution is 2.14. The van der Waals surface area contributed by atoms with Gasteiger partial charge in [-0.2, -0.15) is 0 Å². The summed E-state index contributed by atoms with van der Waals surface area (Å²) >= 11 is 1.36. The maximum atomic E-state index is 11.9. The summed E-state index contributed by atoms with van der Waals surface area (Å²) in [6.07, 6.45) is 3.51. The standard InChI is InChI=1S/C13H22N4O2S/c1-13(2,3)15-10(18)8-17(5)11(19)9-20-12-14-6-7-16(12)4/h6-7H,8-9H2,1-5H3,(H,15,18). The van der Waals surface area contributed by atoms with E-state index in [1.54, 1.807) is 13.2 Å². The van der Waals surface area contributed by atoms with E-state index >= 15 is 0 Å². The van der Waals surface area contributed by atoms with Gasteiger partial charge in [0, 0.05) is 32.0 Å². The van der Waals surface area contributed by atoms with Gasteiger partial charge in [-0.05, 0) is 20.8 Å². The minimum atomic E-state index is -0.289. The molecule has 0 aromatic carbocycles. The maximum Gasteiger partial charge on any atom is 0.240 e. The van der Waals surface area contributed by atoms with Crippen LogP contribution < -0.4 is 5.32 Å². The monoisotopic (exact) mass is 298 g/mol. The molecule has 1 N–H and O–H groups in total. The number of likely N-dealkylation sites (N-methyl/N-ethyl adjacent to an activating group) is 1. The molecule has 0 radical (unpaired) electrons. The van der Waals surface area contributed by atoms with Gasteiger partial charge in [0.15, 0.2) is 5.16 Å². The van der Waals surface area contributed by atoms with Gasteiger partial charge in [-0.15, -0.1) is 0 Å². The summed E-state index contributed by atoms with van der Waals surface area (Å²) in [5, 5.41) is 3.61. The molecule has 6 nitrogen and oxygen atoms in total. The first-order valence-corrected chi connectivity index (χ1v) is 7.32. The number of carbonyl (C=O) groups is 2. The van der Waals surface area contributed by atoms with Crippen LogP contribution in [0.1, 0.15) is 20.8 Å². The average Bonchev–Trinajstić information content (AvgIpc) is 2.68. The van der Waals surface area contributed by atoms with Gasteiger partial charge in [0.2, 0.25) is 11.8 Å². The molecular weight excluding hydrogens is 276 g/mol. The van der Waals surface area contributed by atoms with Crippen LogP contribution in [0.15, 0.2) is 17.6 Å². The average molecular weight is 298 g/mol. The molecule has 7 heteroatoms. The molecule has 0 spiro atoms. The smallest absolute Gasteiger partial charge is 0.240 e. The third-order valence-electron chi connectivity index (χ3n) is 2.42. The van der Waals surface area contributed by atoms with E-state index in [-0.39, 0.29) is 29.7 Å². The second-order valence-corrected chi connectivity index (χ2v) is 6.60. The summed E-state index contributed by atoms with van der Waals surface area (Å²) < 4.78 is 1.85. The zero-order valence-corrected chi connectivity index (χ0v) is 13.5. The highest BCUT2D eigenvalue weighted by molar-refractivity contribution is 7.99. The fraction of sp³-hybridized carbons (Fsp3) is 0.615. The molecule has 0 aliphatic rings. The van der Waals surface area contributed by atoms with Crippen LogP contribution in [0.2, 0.25) is 0 Å². The predicted octanol–water partition coefficient (Wildman–Crippen LogP) is 0.885. The fourth-order valence-electron chi connectivity index (χ4n) is 1.49. The Kier molecular flexibility index (Phi) is 5.62. The van der Waals surface area contributed by atoms with Crippen molar-refractivity contribution in [3.05, 3.63) is 12.4 Å². The highest BCUT2D eigenvalue weighted by Gasteiger charge is 2.18. The van der Waals surface area contributed by atoms with Gasteiger partial charge in [-0.25, -0.2) is 4.98 Å². The van der Waals surface area contributed by atoms with Crippen molar-refractivity contribution in [2.24, 2.45) is 7.05 Å². The van der Waals surface area contributed by atoms with Crippen molar-refractivity contribution in [3.63, 3.8) is 0 Å². The zero-order chi connectivity index (χ0) is 15.3. The van der Waals surface area contributed by atoms with Gasteiger partial charge in [0.25, 0.3) is 0 Å². The Labute approximate surface area is 123 Å². The Morgan fingerprint density at radius 2 is 2.10 bits per heavy atom. The molecule has 0 aliphatic carbocycles. The van der Waals surface area contributed by atoms with Gasteiger partial charge in [-0.3, -0.25) is 9.59 Å². The number of thioether (sulfide) groups is 1. The van der Waals surface area contributed by atoms with Gasteiger partial charge in [-0.1, -0.05) is 11.8 Å². The van der Waals surface area contributed by atoms with Crippen LogP contribution in [0.3, 0.4) is 0 Å². The van der Waals surface area contributed by atoms with Crippen molar-refractivity contribution in [1.29, 1.82) is 0 Å². The van der Waals surface area contributed by atoms with E-state index < -0.39 is 0 Å². The molecule has 112 valence electrons. The number of nitrogens with zero attached hydrogens (tertiary/aromatic N) is 3. The number of nitrogens with one attached hydrogen (secondary N) is 1. The minimum Gasteiger partial charge on any atom is -0.350 e. The Bertz CT molecular complexity index is 479. The molecule has 0 unspecified atom stereocenters. The third-order valence-corrected chi connectivity index (χ3v) is 3.47. The Hall–Kier alpha value is -1.50. The van der Waals surface area contributed by atoms with Crippen LogP contribution in [0.25, 0.3) is 0 Å². The maximum absolute atomic E-state index is 11.9.